The minimum Gasteiger partial charge on any atom is -0.504 e. The van der Waals surface area contributed by atoms with Gasteiger partial charge in [0.2, 0.25) is 0 Å². The van der Waals surface area contributed by atoms with Gasteiger partial charge in [0.1, 0.15) is 11.9 Å². The van der Waals surface area contributed by atoms with Crippen molar-refractivity contribution in [2.24, 2.45) is 0 Å². The fourth-order valence-corrected chi connectivity index (χ4v) is 2.05. The summed E-state index contributed by atoms with van der Waals surface area (Å²) >= 11 is 0. The molecule has 0 bridgehead atoms. The number of rotatable bonds is 6. The van der Waals surface area contributed by atoms with Gasteiger partial charge in [0.05, 0.1) is 7.11 Å². The van der Waals surface area contributed by atoms with Crippen LogP contribution in [0.25, 0.3) is 0 Å². The van der Waals surface area contributed by atoms with Crippen LogP contribution in [0.5, 0.6) is 17.2 Å². The Labute approximate surface area is 123 Å². The third-order valence-corrected chi connectivity index (χ3v) is 3.09. The molecule has 0 aliphatic carbocycles. The Kier molecular flexibility index (Phi) is 5.03. The van der Waals surface area contributed by atoms with E-state index >= 15 is 0 Å². The normalized spacial score (nSPS) is 12.0. The van der Waals surface area contributed by atoms with Gasteiger partial charge in [-0.05, 0) is 12.1 Å². The fraction of sp³-hybridized carbons (Fsp3) is 0.250. The van der Waals surface area contributed by atoms with E-state index in [0.29, 0.717) is 22.6 Å². The number of hydrogen-bond donors (Lipinski definition) is 2. The standard InChI is InChI=1S/C16H18O5/c1-19-10-21-13-8-4-3-6-11(13)15(17)12-7-5-9-14(20-2)16(12)18/h3-9,15,17-18H,10H2,1-2H3. The van der Waals surface area contributed by atoms with Gasteiger partial charge in [0.15, 0.2) is 18.3 Å². The Morgan fingerprint density at radius 1 is 0.952 bits per heavy atom. The number of aliphatic hydroxyl groups is 1. The molecule has 5 heteroatoms. The molecule has 2 aromatic carbocycles. The zero-order valence-corrected chi connectivity index (χ0v) is 11.9. The summed E-state index contributed by atoms with van der Waals surface area (Å²) in [5, 5.41) is 20.7. The first-order valence-electron chi connectivity index (χ1n) is 6.43. The monoisotopic (exact) mass is 290 g/mol. The van der Waals surface area contributed by atoms with Gasteiger partial charge in [0, 0.05) is 18.2 Å². The first-order chi connectivity index (χ1) is 10.2. The van der Waals surface area contributed by atoms with Crippen LogP contribution in [0, 0.1) is 0 Å². The minimum absolute atomic E-state index is 0.0772. The molecular weight excluding hydrogens is 272 g/mol. The Bertz CT molecular complexity index is 597. The number of aromatic hydroxyl groups is 1. The maximum absolute atomic E-state index is 10.5. The van der Waals surface area contributed by atoms with Gasteiger partial charge >= 0.3 is 0 Å². The van der Waals surface area contributed by atoms with E-state index in [4.69, 9.17) is 14.2 Å². The number of para-hydroxylation sites is 2. The molecule has 5 nitrogen and oxygen atoms in total. The van der Waals surface area contributed by atoms with Gasteiger partial charge in [-0.25, -0.2) is 0 Å². The van der Waals surface area contributed by atoms with Crippen LogP contribution in [0.4, 0.5) is 0 Å². The molecule has 21 heavy (non-hydrogen) atoms. The summed E-state index contributed by atoms with van der Waals surface area (Å²) in [6.45, 7) is 0.0772. The second-order valence-electron chi connectivity index (χ2n) is 4.39. The third-order valence-electron chi connectivity index (χ3n) is 3.09. The summed E-state index contributed by atoms with van der Waals surface area (Å²) in [5.74, 6) is 0.713. The lowest BCUT2D eigenvalue weighted by molar-refractivity contribution is 0.0487. The van der Waals surface area contributed by atoms with E-state index in [1.807, 2.05) is 0 Å². The first kappa shape index (κ1) is 15.2. The fourth-order valence-electron chi connectivity index (χ4n) is 2.05. The predicted molar refractivity (Wildman–Crippen MR) is 77.7 cm³/mol. The highest BCUT2D eigenvalue weighted by molar-refractivity contribution is 5.50. The van der Waals surface area contributed by atoms with Crippen molar-refractivity contribution in [3.63, 3.8) is 0 Å². The SMILES string of the molecule is COCOc1ccccc1C(O)c1cccc(OC)c1O. The van der Waals surface area contributed by atoms with E-state index in [-0.39, 0.29) is 12.5 Å². The molecule has 112 valence electrons. The maximum atomic E-state index is 10.5. The summed E-state index contributed by atoms with van der Waals surface area (Å²) in [6.07, 6.45) is -1.03. The second-order valence-corrected chi connectivity index (χ2v) is 4.39. The molecule has 1 atom stereocenters. The van der Waals surface area contributed by atoms with Crippen molar-refractivity contribution >= 4 is 0 Å². The van der Waals surface area contributed by atoms with Crippen LogP contribution in [0.15, 0.2) is 42.5 Å². The second kappa shape index (κ2) is 6.97. The molecule has 0 heterocycles. The average Bonchev–Trinajstić information content (AvgIpc) is 2.53. The number of aliphatic hydroxyl groups excluding tert-OH is 1. The Hall–Kier alpha value is -2.24. The Balaban J connectivity index is 2.38. The first-order valence-corrected chi connectivity index (χ1v) is 6.43. The lowest BCUT2D eigenvalue weighted by Gasteiger charge is -2.18. The lowest BCUT2D eigenvalue weighted by Crippen LogP contribution is -2.06. The van der Waals surface area contributed by atoms with Gasteiger partial charge < -0.3 is 24.4 Å². The Morgan fingerprint density at radius 3 is 2.33 bits per heavy atom. The number of phenols is 1. The van der Waals surface area contributed by atoms with Gasteiger partial charge in [0.25, 0.3) is 0 Å². The van der Waals surface area contributed by atoms with Crippen molar-refractivity contribution in [3.05, 3.63) is 53.6 Å². The van der Waals surface area contributed by atoms with E-state index in [0.717, 1.165) is 0 Å². The third kappa shape index (κ3) is 3.26. The van der Waals surface area contributed by atoms with Crippen molar-refractivity contribution in [3.8, 4) is 17.2 Å². The maximum Gasteiger partial charge on any atom is 0.188 e. The molecule has 0 saturated heterocycles. The number of ether oxygens (including phenoxy) is 3. The quantitative estimate of drug-likeness (QED) is 0.800. The van der Waals surface area contributed by atoms with Gasteiger partial charge in [-0.15, -0.1) is 0 Å². The summed E-state index contributed by atoms with van der Waals surface area (Å²) in [4.78, 5) is 0. The predicted octanol–water partition coefficient (Wildman–Crippen LogP) is 2.47. The molecule has 0 radical (unpaired) electrons. The smallest absolute Gasteiger partial charge is 0.188 e. The molecule has 1 unspecified atom stereocenters. The highest BCUT2D eigenvalue weighted by Gasteiger charge is 2.20. The molecule has 0 aliphatic rings. The van der Waals surface area contributed by atoms with Crippen LogP contribution < -0.4 is 9.47 Å². The van der Waals surface area contributed by atoms with Crippen molar-refractivity contribution in [2.45, 2.75) is 6.10 Å². The van der Waals surface area contributed by atoms with Crippen LogP contribution in [0.1, 0.15) is 17.2 Å². The summed E-state index contributed by atoms with van der Waals surface area (Å²) in [6, 6.07) is 12.0. The van der Waals surface area contributed by atoms with Crippen LogP contribution in [0.3, 0.4) is 0 Å². The molecule has 0 fully saturated rings. The summed E-state index contributed by atoms with van der Waals surface area (Å²) < 4.78 is 15.4. The topological polar surface area (TPSA) is 68.2 Å². The lowest BCUT2D eigenvalue weighted by atomic mass is 9.99. The van der Waals surface area contributed by atoms with Crippen LogP contribution in [-0.2, 0) is 4.74 Å². The van der Waals surface area contributed by atoms with Crippen LogP contribution in [-0.4, -0.2) is 31.2 Å². The number of phenolic OH excluding ortho intramolecular Hbond substituents is 1. The van der Waals surface area contributed by atoms with Crippen molar-refractivity contribution in [1.29, 1.82) is 0 Å². The van der Waals surface area contributed by atoms with Gasteiger partial charge in [-0.2, -0.15) is 0 Å². The van der Waals surface area contributed by atoms with Crippen molar-refractivity contribution in [2.75, 3.05) is 21.0 Å². The number of benzene rings is 2. The molecule has 0 aromatic heterocycles. The molecule has 0 spiro atoms. The van der Waals surface area contributed by atoms with Crippen LogP contribution in [0.2, 0.25) is 0 Å². The summed E-state index contributed by atoms with van der Waals surface area (Å²) in [5.41, 5.74) is 0.890. The zero-order chi connectivity index (χ0) is 15.2. The van der Waals surface area contributed by atoms with E-state index in [2.05, 4.69) is 0 Å². The molecule has 2 N–H and O–H groups in total. The zero-order valence-electron chi connectivity index (χ0n) is 11.9. The van der Waals surface area contributed by atoms with Gasteiger partial charge in [-0.1, -0.05) is 30.3 Å². The van der Waals surface area contributed by atoms with Gasteiger partial charge in [-0.3, -0.25) is 0 Å². The highest BCUT2D eigenvalue weighted by Crippen LogP contribution is 2.38. The van der Waals surface area contributed by atoms with E-state index in [9.17, 15) is 10.2 Å². The molecule has 2 rings (SSSR count). The number of methoxy groups -OCH3 is 2. The molecular formula is C16H18O5. The van der Waals surface area contributed by atoms with Crippen molar-refractivity contribution in [1.82, 2.24) is 0 Å². The minimum atomic E-state index is -1.03. The molecule has 0 aliphatic heterocycles. The van der Waals surface area contributed by atoms with E-state index in [1.54, 1.807) is 42.5 Å². The average molecular weight is 290 g/mol. The van der Waals surface area contributed by atoms with Crippen LogP contribution >= 0.6 is 0 Å². The number of hydrogen-bond acceptors (Lipinski definition) is 5. The van der Waals surface area contributed by atoms with E-state index < -0.39 is 6.10 Å². The Morgan fingerprint density at radius 2 is 1.62 bits per heavy atom. The van der Waals surface area contributed by atoms with Crippen molar-refractivity contribution < 1.29 is 24.4 Å². The summed E-state index contributed by atoms with van der Waals surface area (Å²) in [7, 11) is 2.98. The largest absolute Gasteiger partial charge is 0.504 e. The highest BCUT2D eigenvalue weighted by atomic mass is 16.7. The molecule has 2 aromatic rings. The molecule has 0 amide bonds. The van der Waals surface area contributed by atoms with E-state index in [1.165, 1.54) is 14.2 Å². The molecule has 0 saturated carbocycles.